The van der Waals surface area contributed by atoms with Gasteiger partial charge in [-0.1, -0.05) is 85.0 Å². The van der Waals surface area contributed by atoms with Crippen molar-refractivity contribution in [1.29, 1.82) is 0 Å². The Labute approximate surface area is 158 Å². The number of nitrogens with zero attached hydrogens (tertiary/aromatic N) is 2. The number of hydrogen-bond donors (Lipinski definition) is 0. The van der Waals surface area contributed by atoms with Crippen molar-refractivity contribution in [1.82, 2.24) is 4.57 Å². The van der Waals surface area contributed by atoms with E-state index in [1.54, 1.807) is 0 Å². The van der Waals surface area contributed by atoms with Crippen molar-refractivity contribution in [2.75, 3.05) is 0 Å². The van der Waals surface area contributed by atoms with Crippen molar-refractivity contribution < 1.29 is 4.57 Å². The largest absolute Gasteiger partial charge is 0.243 e. The number of rotatable bonds is 17. The average Bonchev–Trinajstić information content (AvgIpc) is 3.04. The van der Waals surface area contributed by atoms with Crippen LogP contribution in [-0.2, 0) is 13.1 Å². The van der Waals surface area contributed by atoms with Gasteiger partial charge < -0.3 is 0 Å². The molecule has 0 bridgehead atoms. The van der Waals surface area contributed by atoms with Gasteiger partial charge in [-0.05, 0) is 31.6 Å². The van der Waals surface area contributed by atoms with Crippen molar-refractivity contribution in [3.63, 3.8) is 0 Å². The molecule has 0 radical (unpaired) electrons. The predicted octanol–water partition coefficient (Wildman–Crippen LogP) is 6.91. The minimum Gasteiger partial charge on any atom is -0.237 e. The van der Waals surface area contributed by atoms with Gasteiger partial charge in [0.05, 0.1) is 13.1 Å². The molecule has 2 heteroatoms. The second kappa shape index (κ2) is 15.5. The molecule has 146 valence electrons. The molecule has 0 aliphatic carbocycles. The van der Waals surface area contributed by atoms with Gasteiger partial charge in [0, 0.05) is 0 Å². The van der Waals surface area contributed by atoms with Crippen molar-refractivity contribution in [3.8, 4) is 0 Å². The van der Waals surface area contributed by atoms with Crippen LogP contribution in [-0.4, -0.2) is 4.57 Å². The quantitative estimate of drug-likeness (QED) is 0.213. The molecule has 0 saturated heterocycles. The summed E-state index contributed by atoms with van der Waals surface area (Å²) in [6.07, 6.45) is 26.4. The summed E-state index contributed by atoms with van der Waals surface area (Å²) in [6.45, 7) is 9.33. The third-order valence-electron chi connectivity index (χ3n) is 5.21. The number of aromatic nitrogens is 2. The Bertz CT molecular complexity index is 395. The Morgan fingerprint density at radius 3 is 2.04 bits per heavy atom. The highest BCUT2D eigenvalue weighted by molar-refractivity contribution is 4.66. The molecule has 0 N–H and O–H groups in total. The molecule has 0 aromatic carbocycles. The van der Waals surface area contributed by atoms with E-state index in [9.17, 15) is 0 Å². The van der Waals surface area contributed by atoms with Gasteiger partial charge in [0.25, 0.3) is 0 Å². The van der Waals surface area contributed by atoms with Crippen molar-refractivity contribution in [3.05, 3.63) is 18.7 Å². The molecule has 1 aromatic heterocycles. The van der Waals surface area contributed by atoms with Crippen molar-refractivity contribution in [2.45, 2.75) is 124 Å². The molecule has 1 heterocycles. The zero-order valence-electron chi connectivity index (χ0n) is 17.5. The molecule has 0 spiro atoms. The maximum Gasteiger partial charge on any atom is 0.243 e. The van der Waals surface area contributed by atoms with E-state index in [1.165, 1.54) is 103 Å². The standard InChI is InChI=1S/C23H45N2/c1-4-5-6-7-12-15-18-24-20-21-25(22-24)19-16-13-10-8-9-11-14-17-23(2)3/h20-23H,4-19H2,1-3H3/q+1. The highest BCUT2D eigenvalue weighted by Crippen LogP contribution is 2.12. The van der Waals surface area contributed by atoms with Gasteiger partial charge in [-0.15, -0.1) is 0 Å². The lowest BCUT2D eigenvalue weighted by Gasteiger charge is -2.04. The molecule has 1 aromatic rings. The van der Waals surface area contributed by atoms with Gasteiger partial charge in [0.15, 0.2) is 0 Å². The minimum atomic E-state index is 0.880. The zero-order chi connectivity index (χ0) is 18.2. The molecule has 0 aliphatic heterocycles. The van der Waals surface area contributed by atoms with Crippen LogP contribution in [0.3, 0.4) is 0 Å². The van der Waals surface area contributed by atoms with Gasteiger partial charge in [-0.2, -0.15) is 0 Å². The number of hydrogen-bond acceptors (Lipinski definition) is 0. The van der Waals surface area contributed by atoms with E-state index in [4.69, 9.17) is 0 Å². The van der Waals surface area contributed by atoms with Crippen LogP contribution in [0.5, 0.6) is 0 Å². The first-order valence-electron chi connectivity index (χ1n) is 11.3. The van der Waals surface area contributed by atoms with Crippen LogP contribution in [0.15, 0.2) is 18.7 Å². The van der Waals surface area contributed by atoms with Crippen LogP contribution >= 0.6 is 0 Å². The van der Waals surface area contributed by atoms with Crippen LogP contribution < -0.4 is 4.57 Å². The highest BCUT2D eigenvalue weighted by Gasteiger charge is 2.03. The molecule has 0 amide bonds. The fourth-order valence-electron chi connectivity index (χ4n) is 3.51. The molecular weight excluding hydrogens is 304 g/mol. The average molecular weight is 350 g/mol. The third-order valence-corrected chi connectivity index (χ3v) is 5.21. The van der Waals surface area contributed by atoms with E-state index in [2.05, 4.69) is 48.6 Å². The van der Waals surface area contributed by atoms with Gasteiger partial charge in [0.2, 0.25) is 6.33 Å². The summed E-state index contributed by atoms with van der Waals surface area (Å²) in [4.78, 5) is 0. The van der Waals surface area contributed by atoms with Crippen LogP contribution in [0.25, 0.3) is 0 Å². The third kappa shape index (κ3) is 13.1. The smallest absolute Gasteiger partial charge is 0.237 e. The van der Waals surface area contributed by atoms with Crippen LogP contribution in [0, 0.1) is 5.92 Å². The molecule has 1 rings (SSSR count). The number of aryl methyl sites for hydroxylation is 2. The first-order chi connectivity index (χ1) is 12.2. The van der Waals surface area contributed by atoms with Crippen molar-refractivity contribution in [2.24, 2.45) is 5.92 Å². The van der Waals surface area contributed by atoms with Gasteiger partial charge in [-0.25, -0.2) is 9.13 Å². The van der Waals surface area contributed by atoms with E-state index < -0.39 is 0 Å². The molecule has 2 nitrogen and oxygen atoms in total. The Hall–Kier alpha value is -0.790. The normalized spacial score (nSPS) is 11.5. The Morgan fingerprint density at radius 2 is 1.36 bits per heavy atom. The lowest BCUT2D eigenvalue weighted by atomic mass is 10.0. The Morgan fingerprint density at radius 1 is 0.760 bits per heavy atom. The second-order valence-electron chi connectivity index (χ2n) is 8.31. The summed E-state index contributed by atoms with van der Waals surface area (Å²) in [5, 5.41) is 0. The number of imidazole rings is 1. The topological polar surface area (TPSA) is 8.81 Å². The molecule has 0 fully saturated rings. The second-order valence-corrected chi connectivity index (χ2v) is 8.31. The van der Waals surface area contributed by atoms with Crippen molar-refractivity contribution >= 4 is 0 Å². The lowest BCUT2D eigenvalue weighted by molar-refractivity contribution is -0.696. The summed E-state index contributed by atoms with van der Waals surface area (Å²) in [5.74, 6) is 0.880. The van der Waals surface area contributed by atoms with E-state index >= 15 is 0 Å². The lowest BCUT2D eigenvalue weighted by Crippen LogP contribution is -2.30. The van der Waals surface area contributed by atoms with E-state index in [0.29, 0.717) is 0 Å². The van der Waals surface area contributed by atoms with E-state index in [1.807, 2.05) is 0 Å². The summed E-state index contributed by atoms with van der Waals surface area (Å²) in [6, 6.07) is 0. The first-order valence-corrected chi connectivity index (χ1v) is 11.3. The maximum atomic E-state index is 2.37. The summed E-state index contributed by atoms with van der Waals surface area (Å²) in [5.41, 5.74) is 0. The van der Waals surface area contributed by atoms with Crippen LogP contribution in [0.1, 0.15) is 111 Å². The molecular formula is C23H45N2+. The Balaban J connectivity index is 1.93. The Kier molecular flexibility index (Phi) is 13.8. The molecule has 0 aliphatic rings. The van der Waals surface area contributed by atoms with Crippen LogP contribution in [0.4, 0.5) is 0 Å². The summed E-state index contributed by atoms with van der Waals surface area (Å²) in [7, 11) is 0. The molecule has 0 saturated carbocycles. The summed E-state index contributed by atoms with van der Waals surface area (Å²) < 4.78 is 4.74. The first kappa shape index (κ1) is 22.3. The van der Waals surface area contributed by atoms with Gasteiger partial charge in [0.1, 0.15) is 12.4 Å². The van der Waals surface area contributed by atoms with E-state index in [0.717, 1.165) is 5.92 Å². The highest BCUT2D eigenvalue weighted by atomic mass is 15.1. The SMILES string of the molecule is CCCCCCCCn1cc[n+](CCCCCCCCCC(C)C)c1. The maximum absolute atomic E-state index is 2.37. The minimum absolute atomic E-state index is 0.880. The van der Waals surface area contributed by atoms with E-state index in [-0.39, 0.29) is 0 Å². The fraction of sp³-hybridized carbons (Fsp3) is 0.870. The zero-order valence-corrected chi connectivity index (χ0v) is 17.5. The molecule has 0 unspecified atom stereocenters. The predicted molar refractivity (Wildman–Crippen MR) is 110 cm³/mol. The van der Waals surface area contributed by atoms with Gasteiger partial charge in [-0.3, -0.25) is 0 Å². The molecule has 0 atom stereocenters. The van der Waals surface area contributed by atoms with Gasteiger partial charge >= 0.3 is 0 Å². The summed E-state index contributed by atoms with van der Waals surface area (Å²) >= 11 is 0. The number of unbranched alkanes of at least 4 members (excludes halogenated alkanes) is 11. The molecule has 25 heavy (non-hydrogen) atoms. The monoisotopic (exact) mass is 349 g/mol. The van der Waals surface area contributed by atoms with Crippen LogP contribution in [0.2, 0.25) is 0 Å². The fourth-order valence-corrected chi connectivity index (χ4v) is 3.51.